The Hall–Kier alpha value is -1.56. The zero-order valence-corrected chi connectivity index (χ0v) is 11.4. The monoisotopic (exact) mass is 238 g/mol. The summed E-state index contributed by atoms with van der Waals surface area (Å²) in [5.41, 5.74) is 5.69. The first-order chi connectivity index (χ1) is 8.78. The maximum atomic E-state index is 2.28. The molecule has 18 heavy (non-hydrogen) atoms. The van der Waals surface area contributed by atoms with Crippen molar-refractivity contribution in [3.8, 4) is 0 Å². The van der Waals surface area contributed by atoms with Crippen molar-refractivity contribution in [3.05, 3.63) is 70.8 Å². The Morgan fingerprint density at radius 2 is 1.33 bits per heavy atom. The van der Waals surface area contributed by atoms with Gasteiger partial charge in [0.15, 0.2) is 0 Å². The van der Waals surface area contributed by atoms with E-state index in [-0.39, 0.29) is 0 Å². The van der Waals surface area contributed by atoms with Gasteiger partial charge < -0.3 is 0 Å². The molecule has 0 aliphatic rings. The fraction of sp³-hybridized carbons (Fsp3) is 0.333. The summed E-state index contributed by atoms with van der Waals surface area (Å²) in [7, 11) is 0. The van der Waals surface area contributed by atoms with E-state index in [4.69, 9.17) is 0 Å². The SMILES string of the molecule is CCCc1ccc(CCc2cccc(C)c2)cc1. The van der Waals surface area contributed by atoms with Gasteiger partial charge in [-0.25, -0.2) is 0 Å². The average Bonchev–Trinajstić information content (AvgIpc) is 2.38. The molecule has 0 spiro atoms. The first kappa shape index (κ1) is 12.9. The zero-order chi connectivity index (χ0) is 12.8. The van der Waals surface area contributed by atoms with Crippen molar-refractivity contribution in [1.29, 1.82) is 0 Å². The Morgan fingerprint density at radius 1 is 0.722 bits per heavy atom. The molecular weight excluding hydrogens is 216 g/mol. The van der Waals surface area contributed by atoms with Crippen LogP contribution in [0.2, 0.25) is 0 Å². The largest absolute Gasteiger partial charge is 0.0651 e. The molecule has 0 amide bonds. The molecule has 0 nitrogen and oxygen atoms in total. The van der Waals surface area contributed by atoms with Crippen LogP contribution in [-0.4, -0.2) is 0 Å². The van der Waals surface area contributed by atoms with Crippen LogP contribution in [0.4, 0.5) is 0 Å². The lowest BCUT2D eigenvalue weighted by atomic mass is 10.0. The molecule has 0 heteroatoms. The molecule has 0 radical (unpaired) electrons. The minimum atomic E-state index is 1.13. The van der Waals surface area contributed by atoms with Crippen molar-refractivity contribution in [3.63, 3.8) is 0 Å². The summed E-state index contributed by atoms with van der Waals surface area (Å²) in [5, 5.41) is 0. The number of benzene rings is 2. The number of rotatable bonds is 5. The lowest BCUT2D eigenvalue weighted by molar-refractivity contribution is 0.914. The summed E-state index contributed by atoms with van der Waals surface area (Å²) in [6.45, 7) is 4.38. The van der Waals surface area contributed by atoms with E-state index in [0.717, 1.165) is 12.8 Å². The normalized spacial score (nSPS) is 10.6. The summed E-state index contributed by atoms with van der Waals surface area (Å²) in [4.78, 5) is 0. The first-order valence-electron chi connectivity index (χ1n) is 6.91. The second-order valence-corrected chi connectivity index (χ2v) is 5.06. The third kappa shape index (κ3) is 3.73. The highest BCUT2D eigenvalue weighted by Crippen LogP contribution is 2.11. The van der Waals surface area contributed by atoms with E-state index in [1.807, 2.05) is 0 Å². The Morgan fingerprint density at radius 3 is 1.94 bits per heavy atom. The molecule has 2 rings (SSSR count). The van der Waals surface area contributed by atoms with Crippen molar-refractivity contribution >= 4 is 0 Å². The van der Waals surface area contributed by atoms with Crippen molar-refractivity contribution in [2.75, 3.05) is 0 Å². The highest BCUT2D eigenvalue weighted by molar-refractivity contribution is 5.26. The van der Waals surface area contributed by atoms with Gasteiger partial charge in [0, 0.05) is 0 Å². The van der Waals surface area contributed by atoms with E-state index >= 15 is 0 Å². The van der Waals surface area contributed by atoms with Gasteiger partial charge in [0.2, 0.25) is 0 Å². The van der Waals surface area contributed by atoms with Crippen LogP contribution in [0.15, 0.2) is 48.5 Å². The molecular formula is C18H22. The maximum absolute atomic E-state index is 2.28. The predicted molar refractivity (Wildman–Crippen MR) is 79.0 cm³/mol. The number of aryl methyl sites for hydroxylation is 4. The Kier molecular flexibility index (Phi) is 4.58. The molecule has 0 N–H and O–H groups in total. The van der Waals surface area contributed by atoms with E-state index in [1.54, 1.807) is 0 Å². The molecule has 0 aromatic heterocycles. The van der Waals surface area contributed by atoms with Crippen LogP contribution in [0.25, 0.3) is 0 Å². The van der Waals surface area contributed by atoms with Gasteiger partial charge in [0.05, 0.1) is 0 Å². The molecule has 0 aliphatic heterocycles. The Labute approximate surface area is 111 Å². The third-order valence-electron chi connectivity index (χ3n) is 3.35. The van der Waals surface area contributed by atoms with Gasteiger partial charge in [-0.15, -0.1) is 0 Å². The molecule has 0 saturated carbocycles. The van der Waals surface area contributed by atoms with E-state index < -0.39 is 0 Å². The van der Waals surface area contributed by atoms with Crippen LogP contribution < -0.4 is 0 Å². The molecule has 0 saturated heterocycles. The highest BCUT2D eigenvalue weighted by atomic mass is 14.0. The topological polar surface area (TPSA) is 0 Å². The summed E-state index contributed by atoms with van der Waals surface area (Å²) >= 11 is 0. The van der Waals surface area contributed by atoms with E-state index in [2.05, 4.69) is 62.4 Å². The molecule has 0 atom stereocenters. The fourth-order valence-corrected chi connectivity index (χ4v) is 2.32. The summed E-state index contributed by atoms with van der Waals surface area (Å²) in [6, 6.07) is 17.9. The molecule has 0 unspecified atom stereocenters. The molecule has 94 valence electrons. The third-order valence-corrected chi connectivity index (χ3v) is 3.35. The Bertz CT molecular complexity index is 480. The number of hydrogen-bond donors (Lipinski definition) is 0. The quantitative estimate of drug-likeness (QED) is 0.706. The summed E-state index contributed by atoms with van der Waals surface area (Å²) in [6.07, 6.45) is 4.69. The van der Waals surface area contributed by atoms with E-state index in [9.17, 15) is 0 Å². The van der Waals surface area contributed by atoms with Crippen LogP contribution in [0.5, 0.6) is 0 Å². The van der Waals surface area contributed by atoms with Gasteiger partial charge >= 0.3 is 0 Å². The number of hydrogen-bond acceptors (Lipinski definition) is 0. The predicted octanol–water partition coefficient (Wildman–Crippen LogP) is 4.73. The van der Waals surface area contributed by atoms with Crippen LogP contribution in [0, 0.1) is 6.92 Å². The molecule has 2 aromatic rings. The van der Waals surface area contributed by atoms with Gasteiger partial charge in [0.25, 0.3) is 0 Å². The molecule has 0 heterocycles. The standard InChI is InChI=1S/C18H22/c1-3-5-16-8-10-17(11-9-16)12-13-18-7-4-6-15(2)14-18/h4,6-11,14H,3,5,12-13H2,1-2H3. The molecule has 0 bridgehead atoms. The summed E-state index contributed by atoms with van der Waals surface area (Å²) in [5.74, 6) is 0. The van der Waals surface area contributed by atoms with Crippen LogP contribution in [0.1, 0.15) is 35.6 Å². The van der Waals surface area contributed by atoms with Crippen molar-refractivity contribution < 1.29 is 0 Å². The van der Waals surface area contributed by atoms with Crippen molar-refractivity contribution in [2.45, 2.75) is 39.5 Å². The van der Waals surface area contributed by atoms with E-state index in [0.29, 0.717) is 0 Å². The Balaban J connectivity index is 1.93. The summed E-state index contributed by atoms with van der Waals surface area (Å²) < 4.78 is 0. The van der Waals surface area contributed by atoms with Gasteiger partial charge in [-0.2, -0.15) is 0 Å². The van der Waals surface area contributed by atoms with Gasteiger partial charge in [-0.1, -0.05) is 67.4 Å². The maximum Gasteiger partial charge on any atom is -0.0238 e. The second kappa shape index (κ2) is 6.39. The van der Waals surface area contributed by atoms with Crippen molar-refractivity contribution in [1.82, 2.24) is 0 Å². The molecule has 0 aliphatic carbocycles. The molecule has 0 fully saturated rings. The van der Waals surface area contributed by atoms with Crippen LogP contribution >= 0.6 is 0 Å². The zero-order valence-electron chi connectivity index (χ0n) is 11.4. The first-order valence-corrected chi connectivity index (χ1v) is 6.91. The average molecular weight is 238 g/mol. The van der Waals surface area contributed by atoms with Gasteiger partial charge in [-0.3, -0.25) is 0 Å². The minimum Gasteiger partial charge on any atom is -0.0651 e. The lowest BCUT2D eigenvalue weighted by Gasteiger charge is -2.05. The fourth-order valence-electron chi connectivity index (χ4n) is 2.32. The van der Waals surface area contributed by atoms with Crippen LogP contribution in [0.3, 0.4) is 0 Å². The van der Waals surface area contributed by atoms with Gasteiger partial charge in [0.1, 0.15) is 0 Å². The minimum absolute atomic E-state index is 1.13. The smallest absolute Gasteiger partial charge is 0.0238 e. The van der Waals surface area contributed by atoms with E-state index in [1.165, 1.54) is 35.1 Å². The second-order valence-electron chi connectivity index (χ2n) is 5.06. The van der Waals surface area contributed by atoms with Gasteiger partial charge in [-0.05, 0) is 42.9 Å². The lowest BCUT2D eigenvalue weighted by Crippen LogP contribution is -1.92. The molecule has 2 aromatic carbocycles. The van der Waals surface area contributed by atoms with Crippen molar-refractivity contribution in [2.24, 2.45) is 0 Å². The van der Waals surface area contributed by atoms with Crippen LogP contribution in [-0.2, 0) is 19.3 Å². The highest BCUT2D eigenvalue weighted by Gasteiger charge is 1.97.